The maximum Gasteiger partial charge on any atom is 0.407 e. The van der Waals surface area contributed by atoms with Crippen molar-refractivity contribution >= 4 is 34.2 Å². The number of carboxylic acid groups (broad SMARTS) is 1. The van der Waals surface area contributed by atoms with Crippen LogP contribution in [0.1, 0.15) is 22.5 Å². The van der Waals surface area contributed by atoms with Crippen molar-refractivity contribution in [2.75, 3.05) is 30.7 Å². The van der Waals surface area contributed by atoms with E-state index in [0.29, 0.717) is 47.5 Å². The highest BCUT2D eigenvalue weighted by molar-refractivity contribution is 7.10. The largest absolute Gasteiger partial charge is 0.477 e. The van der Waals surface area contributed by atoms with E-state index in [1.807, 2.05) is 0 Å². The van der Waals surface area contributed by atoms with E-state index in [1.54, 1.807) is 19.1 Å². The van der Waals surface area contributed by atoms with E-state index < -0.39 is 6.09 Å². The number of aryl methyl sites for hydroxylation is 1. The van der Waals surface area contributed by atoms with E-state index in [0.717, 1.165) is 18.0 Å². The summed E-state index contributed by atoms with van der Waals surface area (Å²) < 4.78 is 9.67. The van der Waals surface area contributed by atoms with Gasteiger partial charge in [0, 0.05) is 25.1 Å². The average Bonchev–Trinajstić information content (AvgIpc) is 3.21. The highest BCUT2D eigenvalue weighted by atomic mass is 32.1. The molecular weight excluding hydrogens is 358 g/mol. The molecule has 1 aliphatic heterocycles. The molecule has 138 valence electrons. The third-order valence-electron chi connectivity index (χ3n) is 4.13. The summed E-state index contributed by atoms with van der Waals surface area (Å²) in [6.07, 6.45) is 1.37. The van der Waals surface area contributed by atoms with Gasteiger partial charge in [-0.1, -0.05) is 0 Å². The van der Waals surface area contributed by atoms with Crippen molar-refractivity contribution in [1.29, 1.82) is 0 Å². The van der Waals surface area contributed by atoms with E-state index in [-0.39, 0.29) is 11.8 Å². The highest BCUT2D eigenvalue weighted by Gasteiger charge is 2.26. The molecule has 0 aromatic carbocycles. The number of nitrogen functional groups attached to an aromatic ring is 1. The molecule has 0 radical (unpaired) electrons. The number of aromatic nitrogens is 2. The first-order valence-corrected chi connectivity index (χ1v) is 8.81. The van der Waals surface area contributed by atoms with Crippen LogP contribution < -0.4 is 15.8 Å². The summed E-state index contributed by atoms with van der Waals surface area (Å²) in [4.78, 5) is 28.7. The van der Waals surface area contributed by atoms with Gasteiger partial charge in [-0.05, 0) is 30.9 Å². The van der Waals surface area contributed by atoms with Gasteiger partial charge in [0.05, 0.1) is 29.7 Å². The van der Waals surface area contributed by atoms with Gasteiger partial charge in [0.1, 0.15) is 5.00 Å². The summed E-state index contributed by atoms with van der Waals surface area (Å²) in [5.41, 5.74) is 7.25. The Morgan fingerprint density at radius 2 is 2.31 bits per heavy atom. The lowest BCUT2D eigenvalue weighted by atomic mass is 10.1. The third kappa shape index (κ3) is 4.02. The van der Waals surface area contributed by atoms with Crippen LogP contribution in [-0.2, 0) is 0 Å². The molecule has 1 fully saturated rings. The first-order valence-electron chi connectivity index (χ1n) is 8.04. The lowest BCUT2D eigenvalue weighted by Gasteiger charge is -2.13. The van der Waals surface area contributed by atoms with Gasteiger partial charge in [0.2, 0.25) is 5.88 Å². The van der Waals surface area contributed by atoms with Gasteiger partial charge in [0.25, 0.3) is 5.91 Å². The molecule has 2 amide bonds. The number of anilines is 2. The number of hydrogen-bond acceptors (Lipinski definition) is 7. The lowest BCUT2D eigenvalue weighted by molar-refractivity contribution is 0.102. The van der Waals surface area contributed by atoms with E-state index >= 15 is 0 Å². The molecule has 1 aliphatic rings. The summed E-state index contributed by atoms with van der Waals surface area (Å²) in [7, 11) is 0. The molecule has 26 heavy (non-hydrogen) atoms. The number of rotatable bonds is 5. The van der Waals surface area contributed by atoms with E-state index in [1.165, 1.54) is 11.1 Å². The first-order chi connectivity index (χ1) is 12.4. The van der Waals surface area contributed by atoms with Crippen LogP contribution in [0, 0.1) is 12.8 Å². The Morgan fingerprint density at radius 3 is 2.88 bits per heavy atom. The Labute approximate surface area is 154 Å². The van der Waals surface area contributed by atoms with Crippen LogP contribution in [0.25, 0.3) is 0 Å². The maximum absolute atomic E-state index is 12.3. The number of amides is 2. The van der Waals surface area contributed by atoms with Gasteiger partial charge in [0.15, 0.2) is 0 Å². The number of ether oxygens (including phenoxy) is 1. The van der Waals surface area contributed by atoms with Crippen LogP contribution in [0.2, 0.25) is 0 Å². The molecular formula is C16H19N5O4S. The molecule has 4 N–H and O–H groups in total. The summed E-state index contributed by atoms with van der Waals surface area (Å²) >= 11 is 1.08. The van der Waals surface area contributed by atoms with Crippen LogP contribution in [0.3, 0.4) is 0 Å². The van der Waals surface area contributed by atoms with E-state index in [9.17, 15) is 9.59 Å². The number of pyridine rings is 1. The van der Waals surface area contributed by atoms with E-state index in [2.05, 4.69) is 14.7 Å². The molecule has 10 heteroatoms. The molecule has 2 aromatic rings. The fourth-order valence-corrected chi connectivity index (χ4v) is 3.40. The minimum atomic E-state index is -0.901. The summed E-state index contributed by atoms with van der Waals surface area (Å²) in [5.74, 6) is 0.248. The van der Waals surface area contributed by atoms with Crippen molar-refractivity contribution in [1.82, 2.24) is 14.3 Å². The highest BCUT2D eigenvalue weighted by Crippen LogP contribution is 2.23. The SMILES string of the molecule is Cc1nsc(N)c1C(=O)Nc1ccc(OCC2CCN(C(=O)O)C2)nc1. The number of likely N-dealkylation sites (tertiary alicyclic amines) is 1. The molecule has 1 unspecified atom stereocenters. The maximum atomic E-state index is 12.3. The molecule has 1 saturated heterocycles. The summed E-state index contributed by atoms with van der Waals surface area (Å²) in [5, 5.41) is 12.1. The second-order valence-corrected chi connectivity index (χ2v) is 6.85. The van der Waals surface area contributed by atoms with Crippen LogP contribution in [-0.4, -0.2) is 51.1 Å². The van der Waals surface area contributed by atoms with Gasteiger partial charge in [-0.25, -0.2) is 9.78 Å². The predicted octanol–water partition coefficient (Wildman–Crippen LogP) is 2.06. The first kappa shape index (κ1) is 17.9. The van der Waals surface area contributed by atoms with E-state index in [4.69, 9.17) is 15.6 Å². The average molecular weight is 377 g/mol. The zero-order chi connectivity index (χ0) is 18.7. The third-order valence-corrected chi connectivity index (χ3v) is 4.90. The fourth-order valence-electron chi connectivity index (χ4n) is 2.74. The van der Waals surface area contributed by atoms with Gasteiger partial charge in [-0.2, -0.15) is 4.37 Å². The Kier molecular flexibility index (Phi) is 5.21. The van der Waals surface area contributed by atoms with Crippen LogP contribution in [0.4, 0.5) is 15.5 Å². The number of nitrogens with zero attached hydrogens (tertiary/aromatic N) is 3. The molecule has 0 saturated carbocycles. The van der Waals surface area contributed by atoms with Crippen LogP contribution in [0.15, 0.2) is 18.3 Å². The Hall–Kier alpha value is -2.88. The molecule has 0 bridgehead atoms. The molecule has 9 nitrogen and oxygen atoms in total. The number of nitrogens with one attached hydrogen (secondary N) is 1. The van der Waals surface area contributed by atoms with Gasteiger partial charge >= 0.3 is 6.09 Å². The number of carbonyl (C=O) groups excluding carboxylic acids is 1. The molecule has 0 aliphatic carbocycles. The molecule has 0 spiro atoms. The van der Waals surface area contributed by atoms with Gasteiger partial charge in [-0.15, -0.1) is 0 Å². The molecule has 1 atom stereocenters. The van der Waals surface area contributed by atoms with Crippen molar-refractivity contribution in [2.45, 2.75) is 13.3 Å². The van der Waals surface area contributed by atoms with Gasteiger partial charge in [-0.3, -0.25) is 4.79 Å². The van der Waals surface area contributed by atoms with Crippen molar-refractivity contribution in [2.24, 2.45) is 5.92 Å². The van der Waals surface area contributed by atoms with Crippen molar-refractivity contribution < 1.29 is 19.4 Å². The topological polar surface area (TPSA) is 131 Å². The normalized spacial score (nSPS) is 16.5. The predicted molar refractivity (Wildman–Crippen MR) is 96.7 cm³/mol. The quantitative estimate of drug-likeness (QED) is 0.727. The van der Waals surface area contributed by atoms with Gasteiger partial charge < -0.3 is 25.8 Å². The smallest absolute Gasteiger partial charge is 0.407 e. The second-order valence-electron chi connectivity index (χ2n) is 6.04. The number of carbonyl (C=O) groups is 2. The summed E-state index contributed by atoms with van der Waals surface area (Å²) in [6, 6.07) is 3.34. The summed E-state index contributed by atoms with van der Waals surface area (Å²) in [6.45, 7) is 3.13. The minimum Gasteiger partial charge on any atom is -0.477 e. The number of nitrogens with two attached hydrogens (primary N) is 1. The fraction of sp³-hybridized carbons (Fsp3) is 0.375. The van der Waals surface area contributed by atoms with Crippen molar-refractivity contribution in [3.8, 4) is 5.88 Å². The molecule has 3 heterocycles. The van der Waals surface area contributed by atoms with Crippen molar-refractivity contribution in [3.05, 3.63) is 29.6 Å². The molecule has 2 aromatic heterocycles. The zero-order valence-corrected chi connectivity index (χ0v) is 15.0. The standard InChI is InChI=1S/C16H19N5O4S/c1-9-13(14(17)26-20-9)15(22)19-11-2-3-12(18-6-11)25-8-10-4-5-21(7-10)16(23)24/h2-3,6,10H,4-5,7-8,17H2,1H3,(H,19,22)(H,23,24). The minimum absolute atomic E-state index is 0.157. The Balaban J connectivity index is 1.52. The lowest BCUT2D eigenvalue weighted by Crippen LogP contribution is -2.27. The zero-order valence-electron chi connectivity index (χ0n) is 14.1. The monoisotopic (exact) mass is 377 g/mol. The Morgan fingerprint density at radius 1 is 1.50 bits per heavy atom. The Bertz CT molecular complexity index is 788. The van der Waals surface area contributed by atoms with Crippen LogP contribution in [0.5, 0.6) is 5.88 Å². The second kappa shape index (κ2) is 7.56. The van der Waals surface area contributed by atoms with Crippen molar-refractivity contribution in [3.63, 3.8) is 0 Å². The van der Waals surface area contributed by atoms with Crippen LogP contribution >= 0.6 is 11.5 Å². The molecule has 3 rings (SSSR count). The number of hydrogen-bond donors (Lipinski definition) is 3.